The van der Waals surface area contributed by atoms with Crippen LogP contribution in [0.5, 0.6) is 0 Å². The lowest BCUT2D eigenvalue weighted by Crippen LogP contribution is -2.38. The molecule has 0 rings (SSSR count). The second-order valence-electron chi connectivity index (χ2n) is 47.7. The number of hydrogen-bond donors (Lipinski definition) is 10. The Kier molecular flexibility index (Phi) is 91.7. The van der Waals surface area contributed by atoms with Crippen molar-refractivity contribution in [2.45, 2.75) is 327 Å². The molecule has 0 aromatic carbocycles. The van der Waals surface area contributed by atoms with E-state index in [1.54, 1.807) is 0 Å². The zero-order valence-corrected chi connectivity index (χ0v) is 99.1. The van der Waals surface area contributed by atoms with Gasteiger partial charge in [0, 0.05) is 164 Å². The molecule has 4 amide bonds. The minimum atomic E-state index is -0.450. The number of hydrogen-bond acceptors (Lipinski definition) is 33. The largest absolute Gasteiger partial charge is 0.379 e. The van der Waals surface area contributed by atoms with Crippen LogP contribution in [-0.4, -0.2) is 382 Å². The molecule has 0 radical (unpaired) electrons. The lowest BCUT2D eigenvalue weighted by molar-refractivity contribution is -0.135. The molecule has 0 aliphatic carbocycles. The standard InChI is InChI=1S/C22H44N2O6.C22H44N2O5.2C18H36N2O5.C15H31NO3.C14H29NO3/c1-21(2,3)19(25)17-30-18-20(26)23-9-7-11-27-13-15-29-16-14-28-12-8-10-24-22(4,5)6;1-21(2,3)19(25)9-10-20(26)23-11-7-13-27-15-17-29-18-16-28-14-8-12-24-22(4,5)6;2*1-17(2,3)15(21)13-25-14-16(22)19-7-9-23-11-12-24-10-8-20-18(4,5)6;1-14(2,3)13(17)7-9-18-11-12-19-10-8-16-15(4,5)6;1-13(2,3)12(16)11-18-10-9-17-8-7-15-14(4,5)6/h24H,7-18H2,1-6H3,(H,23,26);24H,7-18H2,1-6H3,(H,23,26);2*20H,7-14H2,1-6H3,(H,19,22);16H,7-12H2,1-6H3;15H,7-11H2,1-6H3. The highest BCUT2D eigenvalue weighted by Crippen LogP contribution is 2.21. The van der Waals surface area contributed by atoms with Crippen molar-refractivity contribution in [3.05, 3.63) is 0 Å². The summed E-state index contributed by atoms with van der Waals surface area (Å²) in [5.74, 6) is -0.425. The topological polar surface area (TPSA) is 448 Å². The first-order valence-corrected chi connectivity index (χ1v) is 52.9. The fourth-order valence-corrected chi connectivity index (χ4v) is 9.99. The van der Waals surface area contributed by atoms with Crippen LogP contribution in [0.15, 0.2) is 0 Å². The van der Waals surface area contributed by atoms with E-state index in [1.807, 2.05) is 125 Å². The summed E-state index contributed by atoms with van der Waals surface area (Å²) in [5, 5.41) is 31.1. The first-order valence-electron chi connectivity index (χ1n) is 52.9. The summed E-state index contributed by atoms with van der Waals surface area (Å²) in [5.41, 5.74) is -1.56. The molecule has 0 bridgehead atoms. The van der Waals surface area contributed by atoms with E-state index in [9.17, 15) is 47.9 Å². The van der Waals surface area contributed by atoms with E-state index >= 15 is 0 Å². The summed E-state index contributed by atoms with van der Waals surface area (Å²) in [4.78, 5) is 116. The van der Waals surface area contributed by atoms with Gasteiger partial charge in [-0.2, -0.15) is 0 Å². The number of carbonyl (C=O) groups excluding carboxylic acids is 10. The summed E-state index contributed by atoms with van der Waals surface area (Å²) in [7, 11) is 0. The number of ether oxygens (including phenoxy) is 17. The van der Waals surface area contributed by atoms with Crippen LogP contribution in [0.3, 0.4) is 0 Å². The summed E-state index contributed by atoms with van der Waals surface area (Å²) >= 11 is 0. The molecular weight excluding hydrogens is 1880 g/mol. The highest BCUT2D eigenvalue weighted by atomic mass is 16.6. The van der Waals surface area contributed by atoms with Gasteiger partial charge in [0.05, 0.1) is 152 Å². The second kappa shape index (κ2) is 88.3. The third-order valence-corrected chi connectivity index (χ3v) is 19.2. The molecule has 146 heavy (non-hydrogen) atoms. The zero-order chi connectivity index (χ0) is 113. The molecule has 0 spiro atoms. The van der Waals surface area contributed by atoms with Crippen LogP contribution in [0.2, 0.25) is 0 Å². The van der Waals surface area contributed by atoms with Gasteiger partial charge in [-0.15, -0.1) is 0 Å². The van der Waals surface area contributed by atoms with Crippen molar-refractivity contribution in [1.82, 2.24) is 53.2 Å². The van der Waals surface area contributed by atoms with Gasteiger partial charge in [0.1, 0.15) is 57.8 Å². The van der Waals surface area contributed by atoms with Crippen molar-refractivity contribution in [2.24, 2.45) is 32.5 Å². The molecule has 0 aromatic heterocycles. The molecule has 0 unspecified atom stereocenters. The molecule has 0 saturated heterocycles. The highest BCUT2D eigenvalue weighted by molar-refractivity contribution is 5.89. The molecule has 37 nitrogen and oxygen atoms in total. The second-order valence-corrected chi connectivity index (χ2v) is 47.7. The van der Waals surface area contributed by atoms with Gasteiger partial charge < -0.3 is 134 Å². The van der Waals surface area contributed by atoms with E-state index in [1.165, 1.54) is 0 Å². The average Bonchev–Trinajstić information content (AvgIpc) is 0.923. The normalized spacial score (nSPS) is 12.4. The average molecular weight is 2100 g/mol. The van der Waals surface area contributed by atoms with Crippen molar-refractivity contribution in [3.63, 3.8) is 0 Å². The Bertz CT molecular complexity index is 3160. The van der Waals surface area contributed by atoms with E-state index < -0.39 is 16.2 Å². The Labute approximate surface area is 885 Å². The first kappa shape index (κ1) is 152. The summed E-state index contributed by atoms with van der Waals surface area (Å²) in [6.07, 6.45) is 4.45. The maximum atomic E-state index is 11.8. The zero-order valence-electron chi connectivity index (χ0n) is 99.1. The highest BCUT2D eigenvalue weighted by Gasteiger charge is 2.27. The Hall–Kier alpha value is -5.02. The SMILES string of the molecule is CC(C)(C)NCCCOCCOCCOCCCNC(=O)CCC(=O)C(C)(C)C.CC(C)(C)NCCCOCCOCCOCCCNC(=O)COCC(=O)C(C)(C)C.CC(C)(C)NCCOCCOCC(=O)C(C)(C)C.CC(C)(C)NCCOCCOCCC(=O)C(C)(C)C.CC(C)(C)NCCOCCOCCNC(=O)COCC(=O)C(C)(C)C.CC(C)(C)NCCOCCOCCNC(=O)COCC(=O)C(C)(C)C. The van der Waals surface area contributed by atoms with Crippen molar-refractivity contribution in [2.75, 3.05) is 290 Å². The Morgan fingerprint density at radius 1 is 0.144 bits per heavy atom. The van der Waals surface area contributed by atoms with Gasteiger partial charge >= 0.3 is 0 Å². The molecule has 10 N–H and O–H groups in total. The molecule has 868 valence electrons. The fraction of sp³-hybridized carbons (Fsp3) is 0.908. The van der Waals surface area contributed by atoms with E-state index in [0.717, 1.165) is 71.7 Å². The van der Waals surface area contributed by atoms with Gasteiger partial charge in [0.15, 0.2) is 23.1 Å². The minimum absolute atomic E-state index is 0.0223. The van der Waals surface area contributed by atoms with Crippen LogP contribution in [0, 0.1) is 32.5 Å². The third-order valence-electron chi connectivity index (χ3n) is 19.2. The van der Waals surface area contributed by atoms with Gasteiger partial charge in [0.2, 0.25) is 23.6 Å². The minimum Gasteiger partial charge on any atom is -0.379 e. The van der Waals surface area contributed by atoms with Crippen molar-refractivity contribution < 1.29 is 128 Å². The van der Waals surface area contributed by atoms with Crippen molar-refractivity contribution in [3.8, 4) is 0 Å². The smallest absolute Gasteiger partial charge is 0.246 e. The molecule has 37 heteroatoms. The van der Waals surface area contributed by atoms with Crippen molar-refractivity contribution >= 4 is 58.3 Å². The number of ketones is 6. The van der Waals surface area contributed by atoms with Gasteiger partial charge in [-0.25, -0.2) is 0 Å². The molecule has 0 saturated carbocycles. The number of carbonyl (C=O) groups is 10. The van der Waals surface area contributed by atoms with Gasteiger partial charge in [-0.3, -0.25) is 47.9 Å². The third kappa shape index (κ3) is 126. The van der Waals surface area contributed by atoms with E-state index in [0.29, 0.717) is 211 Å². The first-order chi connectivity index (χ1) is 67.3. The Balaban J connectivity index is -0.000000406. The summed E-state index contributed by atoms with van der Waals surface area (Å²) < 4.78 is 91.3. The maximum Gasteiger partial charge on any atom is 0.246 e. The van der Waals surface area contributed by atoms with E-state index in [-0.39, 0.29) is 160 Å². The maximum absolute atomic E-state index is 11.8. The monoisotopic (exact) mass is 2100 g/mol. The van der Waals surface area contributed by atoms with Crippen LogP contribution in [-0.2, 0) is 128 Å². The van der Waals surface area contributed by atoms with Crippen LogP contribution < -0.4 is 53.2 Å². The number of Topliss-reactive ketones (excluding diaryl/α,β-unsaturated/α-hetero) is 6. The number of rotatable bonds is 78. The van der Waals surface area contributed by atoms with Gasteiger partial charge in [0.25, 0.3) is 0 Å². The molecule has 0 fully saturated rings. The van der Waals surface area contributed by atoms with E-state index in [2.05, 4.69) is 178 Å². The van der Waals surface area contributed by atoms with Gasteiger partial charge in [-0.1, -0.05) is 125 Å². The molecule has 0 atom stereocenters. The Morgan fingerprint density at radius 3 is 0.548 bits per heavy atom. The molecule has 0 heterocycles. The van der Waals surface area contributed by atoms with Crippen LogP contribution >= 0.6 is 0 Å². The summed E-state index contributed by atoms with van der Waals surface area (Å²) in [6.45, 7) is 93.6. The van der Waals surface area contributed by atoms with Gasteiger partial charge in [-0.05, 0) is 163 Å². The van der Waals surface area contributed by atoms with Crippen molar-refractivity contribution in [1.29, 1.82) is 0 Å². The Morgan fingerprint density at radius 2 is 0.315 bits per heavy atom. The fourth-order valence-electron chi connectivity index (χ4n) is 9.99. The molecule has 0 aromatic rings. The predicted octanol–water partition coefficient (Wildman–Crippen LogP) is 11.4. The lowest BCUT2D eigenvalue weighted by Gasteiger charge is -2.20. The number of nitrogens with one attached hydrogen (secondary N) is 10. The van der Waals surface area contributed by atoms with E-state index in [4.69, 9.17) is 80.5 Å². The quantitative estimate of drug-likeness (QED) is 0.0253. The molecule has 0 aliphatic rings. The van der Waals surface area contributed by atoms with Crippen LogP contribution in [0.4, 0.5) is 0 Å². The molecular formula is C109H220N10O27. The van der Waals surface area contributed by atoms with Crippen LogP contribution in [0.1, 0.15) is 294 Å². The molecule has 0 aliphatic heterocycles. The summed E-state index contributed by atoms with van der Waals surface area (Å²) in [6, 6.07) is 0. The lowest BCUT2D eigenvalue weighted by atomic mass is 9.88. The number of amides is 4. The van der Waals surface area contributed by atoms with Crippen LogP contribution in [0.25, 0.3) is 0 Å². The predicted molar refractivity (Wildman–Crippen MR) is 582 cm³/mol.